The predicted octanol–water partition coefficient (Wildman–Crippen LogP) is 4.97. The monoisotopic (exact) mass is 444 g/mol. The maximum Gasteiger partial charge on any atom is 0.416 e. The van der Waals surface area contributed by atoms with Crippen molar-refractivity contribution in [3.05, 3.63) is 63.4 Å². The zero-order valence-electron chi connectivity index (χ0n) is 12.2. The number of anilines is 1. The molecule has 0 atom stereocenters. The first kappa shape index (κ1) is 16.8. The lowest BCUT2D eigenvalue weighted by Gasteiger charge is -2.11. The summed E-state index contributed by atoms with van der Waals surface area (Å²) in [4.78, 5) is 15.3. The topological polar surface area (TPSA) is 44.9 Å². The van der Waals surface area contributed by atoms with Gasteiger partial charge in [0.15, 0.2) is 0 Å². The van der Waals surface area contributed by atoms with Crippen LogP contribution in [0, 0.1) is 3.57 Å². The van der Waals surface area contributed by atoms with Crippen LogP contribution in [0.1, 0.15) is 11.1 Å². The molecular formula is C17H12F3IN2O. The Morgan fingerprint density at radius 2 is 1.92 bits per heavy atom. The molecule has 24 heavy (non-hydrogen) atoms. The van der Waals surface area contributed by atoms with E-state index in [9.17, 15) is 18.0 Å². The molecule has 0 aliphatic heterocycles. The summed E-state index contributed by atoms with van der Waals surface area (Å²) in [5, 5.41) is 3.49. The fourth-order valence-electron chi connectivity index (χ4n) is 2.44. The van der Waals surface area contributed by atoms with Crippen LogP contribution in [0.2, 0.25) is 0 Å². The number of rotatable bonds is 3. The van der Waals surface area contributed by atoms with Crippen molar-refractivity contribution in [2.24, 2.45) is 0 Å². The number of H-pyrrole nitrogens is 1. The summed E-state index contributed by atoms with van der Waals surface area (Å²) < 4.78 is 38.9. The lowest BCUT2D eigenvalue weighted by Crippen LogP contribution is -2.16. The molecule has 0 spiro atoms. The number of carbonyl (C=O) groups excluding carboxylic acids is 1. The fourth-order valence-corrected chi connectivity index (χ4v) is 2.91. The molecule has 3 nitrogen and oxygen atoms in total. The van der Waals surface area contributed by atoms with E-state index in [-0.39, 0.29) is 18.0 Å². The molecule has 0 unspecified atom stereocenters. The minimum atomic E-state index is -4.44. The molecule has 0 saturated carbocycles. The second-order valence-electron chi connectivity index (χ2n) is 5.28. The lowest BCUT2D eigenvalue weighted by atomic mass is 10.1. The Bertz CT molecular complexity index is 902. The molecule has 0 aliphatic rings. The number of nitrogens with one attached hydrogen (secondary N) is 2. The number of fused-ring (bicyclic) bond motifs is 1. The third kappa shape index (κ3) is 3.55. The summed E-state index contributed by atoms with van der Waals surface area (Å²) in [5.74, 6) is -0.364. The van der Waals surface area contributed by atoms with Gasteiger partial charge in [0, 0.05) is 20.7 Å². The van der Waals surface area contributed by atoms with Gasteiger partial charge in [0.05, 0.1) is 17.7 Å². The standard InChI is InChI=1S/C17H12F3IN2O/c18-17(19,20)11-5-6-13(21)15(8-11)23-16(24)7-10-9-22-14-4-2-1-3-12(10)14/h1-6,8-9,22H,7H2,(H,23,24). The summed E-state index contributed by atoms with van der Waals surface area (Å²) in [7, 11) is 0. The average Bonchev–Trinajstić information content (AvgIpc) is 2.91. The van der Waals surface area contributed by atoms with Gasteiger partial charge in [0.2, 0.25) is 5.91 Å². The highest BCUT2D eigenvalue weighted by molar-refractivity contribution is 14.1. The molecule has 2 aromatic carbocycles. The van der Waals surface area contributed by atoms with Crippen LogP contribution in [0.25, 0.3) is 10.9 Å². The van der Waals surface area contributed by atoms with E-state index in [1.807, 2.05) is 46.9 Å². The Balaban J connectivity index is 1.80. The largest absolute Gasteiger partial charge is 0.416 e. The zero-order chi connectivity index (χ0) is 17.3. The van der Waals surface area contributed by atoms with Crippen molar-refractivity contribution >= 4 is 45.1 Å². The van der Waals surface area contributed by atoms with Gasteiger partial charge in [-0.15, -0.1) is 0 Å². The first-order valence-electron chi connectivity index (χ1n) is 7.06. The van der Waals surface area contributed by atoms with Crippen LogP contribution in [0.5, 0.6) is 0 Å². The van der Waals surface area contributed by atoms with Gasteiger partial charge in [-0.2, -0.15) is 13.2 Å². The fraction of sp³-hybridized carbons (Fsp3) is 0.118. The molecule has 3 aromatic rings. The molecule has 1 heterocycles. The molecule has 2 N–H and O–H groups in total. The van der Waals surface area contributed by atoms with Crippen LogP contribution >= 0.6 is 22.6 Å². The van der Waals surface area contributed by atoms with E-state index in [1.54, 1.807) is 6.20 Å². The normalized spacial score (nSPS) is 11.7. The number of benzene rings is 2. The molecule has 1 aromatic heterocycles. The second kappa shape index (κ2) is 6.46. The van der Waals surface area contributed by atoms with Crippen LogP contribution in [-0.2, 0) is 17.4 Å². The SMILES string of the molecule is O=C(Cc1c[nH]c2ccccc12)Nc1cc(C(F)(F)F)ccc1I. The number of carbonyl (C=O) groups is 1. The van der Waals surface area contributed by atoms with E-state index in [2.05, 4.69) is 10.3 Å². The van der Waals surface area contributed by atoms with Crippen molar-refractivity contribution < 1.29 is 18.0 Å². The maximum atomic E-state index is 12.8. The number of alkyl halides is 3. The van der Waals surface area contributed by atoms with E-state index < -0.39 is 11.7 Å². The van der Waals surface area contributed by atoms with Gasteiger partial charge in [-0.25, -0.2) is 0 Å². The smallest absolute Gasteiger partial charge is 0.361 e. The minimum Gasteiger partial charge on any atom is -0.361 e. The Hall–Kier alpha value is -2.03. The summed E-state index contributed by atoms with van der Waals surface area (Å²) in [6.45, 7) is 0. The number of aromatic amines is 1. The molecule has 3 rings (SSSR count). The number of hydrogen-bond donors (Lipinski definition) is 2. The number of hydrogen-bond acceptors (Lipinski definition) is 1. The highest BCUT2D eigenvalue weighted by Crippen LogP contribution is 2.32. The van der Waals surface area contributed by atoms with Gasteiger partial charge in [-0.3, -0.25) is 4.79 Å². The Kier molecular flexibility index (Phi) is 4.53. The van der Waals surface area contributed by atoms with Crippen molar-refractivity contribution in [1.82, 2.24) is 4.98 Å². The Labute approximate surface area is 149 Å². The van der Waals surface area contributed by atoms with Gasteiger partial charge < -0.3 is 10.3 Å². The average molecular weight is 444 g/mol. The quantitative estimate of drug-likeness (QED) is 0.551. The maximum absolute atomic E-state index is 12.8. The van der Waals surface area contributed by atoms with E-state index in [4.69, 9.17) is 0 Å². The Morgan fingerprint density at radius 3 is 2.67 bits per heavy atom. The molecule has 0 radical (unpaired) electrons. The summed E-state index contributed by atoms with van der Waals surface area (Å²) in [6, 6.07) is 10.8. The van der Waals surface area contributed by atoms with E-state index in [0.29, 0.717) is 3.57 Å². The van der Waals surface area contributed by atoms with Crippen LogP contribution in [-0.4, -0.2) is 10.9 Å². The first-order valence-corrected chi connectivity index (χ1v) is 8.14. The van der Waals surface area contributed by atoms with Crippen LogP contribution in [0.4, 0.5) is 18.9 Å². The number of amides is 1. The number of halogens is 4. The summed E-state index contributed by atoms with van der Waals surface area (Å²) in [6.07, 6.45) is -2.63. The van der Waals surface area contributed by atoms with E-state index >= 15 is 0 Å². The van der Waals surface area contributed by atoms with Crippen LogP contribution < -0.4 is 5.32 Å². The number of para-hydroxylation sites is 1. The molecule has 0 fully saturated rings. The molecule has 0 saturated heterocycles. The van der Waals surface area contributed by atoms with Crippen molar-refractivity contribution in [1.29, 1.82) is 0 Å². The molecule has 7 heteroatoms. The zero-order valence-corrected chi connectivity index (χ0v) is 14.4. The minimum absolute atomic E-state index is 0.0797. The van der Waals surface area contributed by atoms with Gasteiger partial charge >= 0.3 is 6.18 Å². The molecule has 0 aliphatic carbocycles. The van der Waals surface area contributed by atoms with Crippen molar-refractivity contribution in [2.75, 3.05) is 5.32 Å². The number of aromatic nitrogens is 1. The third-order valence-electron chi connectivity index (χ3n) is 3.59. The highest BCUT2D eigenvalue weighted by atomic mass is 127. The van der Waals surface area contributed by atoms with Gasteiger partial charge in [0.25, 0.3) is 0 Å². The van der Waals surface area contributed by atoms with E-state index in [1.165, 1.54) is 6.07 Å². The lowest BCUT2D eigenvalue weighted by molar-refractivity contribution is -0.137. The molecule has 0 bridgehead atoms. The summed E-state index contributed by atoms with van der Waals surface area (Å²) >= 11 is 1.89. The highest BCUT2D eigenvalue weighted by Gasteiger charge is 2.31. The van der Waals surface area contributed by atoms with E-state index in [0.717, 1.165) is 28.6 Å². The third-order valence-corrected chi connectivity index (χ3v) is 4.53. The summed E-state index contributed by atoms with van der Waals surface area (Å²) in [5.41, 5.74) is 1.08. The van der Waals surface area contributed by atoms with Crippen molar-refractivity contribution in [3.8, 4) is 0 Å². The Morgan fingerprint density at radius 1 is 1.17 bits per heavy atom. The van der Waals surface area contributed by atoms with Crippen LogP contribution in [0.3, 0.4) is 0 Å². The molecular weight excluding hydrogens is 432 g/mol. The van der Waals surface area contributed by atoms with Crippen molar-refractivity contribution in [3.63, 3.8) is 0 Å². The van der Waals surface area contributed by atoms with Gasteiger partial charge in [-0.05, 0) is 52.4 Å². The second-order valence-corrected chi connectivity index (χ2v) is 6.44. The van der Waals surface area contributed by atoms with Crippen LogP contribution in [0.15, 0.2) is 48.7 Å². The van der Waals surface area contributed by atoms with Gasteiger partial charge in [-0.1, -0.05) is 18.2 Å². The molecule has 124 valence electrons. The molecule has 1 amide bonds. The predicted molar refractivity (Wildman–Crippen MR) is 94.8 cm³/mol. The first-order chi connectivity index (χ1) is 11.3. The van der Waals surface area contributed by atoms with Gasteiger partial charge in [0.1, 0.15) is 0 Å². The van der Waals surface area contributed by atoms with Crippen molar-refractivity contribution in [2.45, 2.75) is 12.6 Å².